The zero-order valence-corrected chi connectivity index (χ0v) is 18.1. The number of ether oxygens (including phenoxy) is 2. The fourth-order valence-electron chi connectivity index (χ4n) is 2.09. The SMILES string of the molecule is COc1ccc(C(=O)NC(=S)NNC(=O)COc2ccc(Cl)cc2C)cc1Br. The number of hydrazine groups is 1. The first-order valence-electron chi connectivity index (χ1n) is 7.93. The second-order valence-corrected chi connectivity index (χ2v) is 7.20. The second-order valence-electron chi connectivity index (χ2n) is 5.50. The first-order valence-corrected chi connectivity index (χ1v) is 9.50. The van der Waals surface area contributed by atoms with Crippen LogP contribution in [-0.2, 0) is 4.79 Å². The number of carbonyl (C=O) groups excluding carboxylic acids is 2. The molecule has 2 aromatic rings. The number of rotatable bonds is 5. The molecule has 0 heterocycles. The molecule has 0 atom stereocenters. The van der Waals surface area contributed by atoms with Gasteiger partial charge in [0.25, 0.3) is 11.8 Å². The van der Waals surface area contributed by atoms with E-state index in [4.69, 9.17) is 33.3 Å². The van der Waals surface area contributed by atoms with Crippen molar-refractivity contribution in [1.82, 2.24) is 16.2 Å². The Morgan fingerprint density at radius 3 is 2.50 bits per heavy atom. The van der Waals surface area contributed by atoms with Gasteiger partial charge in [0.05, 0.1) is 11.6 Å². The Bertz CT molecular complexity index is 910. The lowest BCUT2D eigenvalue weighted by atomic mass is 10.2. The van der Waals surface area contributed by atoms with Crippen molar-refractivity contribution in [3.63, 3.8) is 0 Å². The van der Waals surface area contributed by atoms with Crippen LogP contribution in [0.4, 0.5) is 0 Å². The Balaban J connectivity index is 1.79. The summed E-state index contributed by atoms with van der Waals surface area (Å²) in [5.41, 5.74) is 5.96. The molecule has 0 aliphatic rings. The Hall–Kier alpha value is -2.36. The number of hydrogen-bond acceptors (Lipinski definition) is 5. The first-order chi connectivity index (χ1) is 13.3. The van der Waals surface area contributed by atoms with Gasteiger partial charge in [-0.15, -0.1) is 0 Å². The molecule has 0 fully saturated rings. The molecular weight excluding hydrogens is 470 g/mol. The Labute approximate surface area is 180 Å². The number of benzene rings is 2. The lowest BCUT2D eigenvalue weighted by molar-refractivity contribution is -0.123. The summed E-state index contributed by atoms with van der Waals surface area (Å²) < 4.78 is 11.2. The van der Waals surface area contributed by atoms with Gasteiger partial charge < -0.3 is 9.47 Å². The number of halogens is 2. The van der Waals surface area contributed by atoms with Crippen molar-refractivity contribution in [2.24, 2.45) is 0 Å². The van der Waals surface area contributed by atoms with Gasteiger partial charge in [0, 0.05) is 10.6 Å². The van der Waals surface area contributed by atoms with Crippen molar-refractivity contribution >= 4 is 56.7 Å². The van der Waals surface area contributed by atoms with Crippen LogP contribution < -0.4 is 25.6 Å². The minimum Gasteiger partial charge on any atom is -0.496 e. The fraction of sp³-hybridized carbons (Fsp3) is 0.167. The van der Waals surface area contributed by atoms with Gasteiger partial charge in [0.1, 0.15) is 11.5 Å². The molecule has 0 saturated heterocycles. The fourth-order valence-corrected chi connectivity index (χ4v) is 3.01. The standard InChI is InChI=1S/C18H17BrClN3O4S/c1-10-7-12(20)4-6-14(10)27-9-16(24)22-23-18(28)21-17(25)11-3-5-15(26-2)13(19)8-11/h3-8H,9H2,1-2H3,(H,22,24)(H2,21,23,25,28). The predicted octanol–water partition coefficient (Wildman–Crippen LogP) is 3.13. The van der Waals surface area contributed by atoms with Crippen LogP contribution in [0.2, 0.25) is 5.02 Å². The van der Waals surface area contributed by atoms with E-state index in [1.54, 1.807) is 36.4 Å². The minimum absolute atomic E-state index is 0.0621. The monoisotopic (exact) mass is 485 g/mol. The van der Waals surface area contributed by atoms with Crippen molar-refractivity contribution in [2.45, 2.75) is 6.92 Å². The average Bonchev–Trinajstić information content (AvgIpc) is 2.65. The van der Waals surface area contributed by atoms with E-state index in [1.807, 2.05) is 6.92 Å². The van der Waals surface area contributed by atoms with Crippen LogP contribution in [0.15, 0.2) is 40.9 Å². The Kier molecular flexibility index (Phi) is 8.04. The highest BCUT2D eigenvalue weighted by Crippen LogP contribution is 2.25. The summed E-state index contributed by atoms with van der Waals surface area (Å²) in [7, 11) is 1.53. The highest BCUT2D eigenvalue weighted by molar-refractivity contribution is 9.10. The topological polar surface area (TPSA) is 88.7 Å². The van der Waals surface area contributed by atoms with Gasteiger partial charge >= 0.3 is 0 Å². The molecule has 3 N–H and O–H groups in total. The first kappa shape index (κ1) is 21.9. The van der Waals surface area contributed by atoms with Crippen LogP contribution in [0.1, 0.15) is 15.9 Å². The largest absolute Gasteiger partial charge is 0.496 e. The third-order valence-corrected chi connectivity index (χ3v) is 4.51. The third kappa shape index (κ3) is 6.36. The van der Waals surface area contributed by atoms with Crippen LogP contribution in [0.5, 0.6) is 11.5 Å². The lowest BCUT2D eigenvalue weighted by Gasteiger charge is -2.12. The summed E-state index contributed by atoms with van der Waals surface area (Å²) in [6, 6.07) is 9.90. The van der Waals surface area contributed by atoms with Crippen molar-refractivity contribution in [3.8, 4) is 11.5 Å². The molecule has 0 saturated carbocycles. The number of aryl methyl sites for hydroxylation is 1. The third-order valence-electron chi connectivity index (χ3n) is 3.45. The summed E-state index contributed by atoms with van der Waals surface area (Å²) in [6.07, 6.45) is 0. The molecule has 10 heteroatoms. The number of thiocarbonyl (C=S) groups is 1. The molecular formula is C18H17BrClN3O4S. The van der Waals surface area contributed by atoms with Gasteiger partial charge in [0.15, 0.2) is 11.7 Å². The number of methoxy groups -OCH3 is 1. The summed E-state index contributed by atoms with van der Waals surface area (Å²) in [5.74, 6) is 0.224. The maximum atomic E-state index is 12.2. The van der Waals surface area contributed by atoms with E-state index >= 15 is 0 Å². The number of nitrogens with one attached hydrogen (secondary N) is 3. The van der Waals surface area contributed by atoms with Crippen LogP contribution in [0, 0.1) is 6.92 Å². The molecule has 2 rings (SSSR count). The zero-order chi connectivity index (χ0) is 20.7. The van der Waals surface area contributed by atoms with Gasteiger partial charge in [-0.05, 0) is 77.0 Å². The second kappa shape index (κ2) is 10.3. The van der Waals surface area contributed by atoms with Crippen molar-refractivity contribution < 1.29 is 19.1 Å². The minimum atomic E-state index is -0.474. The maximum Gasteiger partial charge on any atom is 0.276 e. The van der Waals surface area contributed by atoms with E-state index < -0.39 is 11.8 Å². The maximum absolute atomic E-state index is 12.2. The van der Waals surface area contributed by atoms with Gasteiger partial charge in [-0.1, -0.05) is 11.6 Å². The molecule has 0 spiro atoms. The molecule has 2 amide bonds. The average molecular weight is 487 g/mol. The summed E-state index contributed by atoms with van der Waals surface area (Å²) in [5, 5.41) is 2.98. The van der Waals surface area contributed by atoms with Crippen molar-refractivity contribution in [1.29, 1.82) is 0 Å². The van der Waals surface area contributed by atoms with E-state index in [-0.39, 0.29) is 11.7 Å². The van der Waals surface area contributed by atoms with Crippen LogP contribution in [0.3, 0.4) is 0 Å². The normalized spacial score (nSPS) is 10.0. The summed E-state index contributed by atoms with van der Waals surface area (Å²) in [6.45, 7) is 1.58. The van der Waals surface area contributed by atoms with E-state index in [1.165, 1.54) is 7.11 Å². The zero-order valence-electron chi connectivity index (χ0n) is 15.0. The number of hydrogen-bond donors (Lipinski definition) is 3. The van der Waals surface area contributed by atoms with Gasteiger partial charge in [-0.2, -0.15) is 0 Å². The number of carbonyl (C=O) groups is 2. The number of amides is 2. The van der Waals surface area contributed by atoms with E-state index in [9.17, 15) is 9.59 Å². The van der Waals surface area contributed by atoms with Gasteiger partial charge in [-0.3, -0.25) is 25.8 Å². The molecule has 0 aromatic heterocycles. The Morgan fingerprint density at radius 2 is 1.86 bits per heavy atom. The van der Waals surface area contributed by atoms with Crippen LogP contribution >= 0.6 is 39.7 Å². The highest BCUT2D eigenvalue weighted by Gasteiger charge is 2.11. The molecule has 0 aliphatic carbocycles. The van der Waals surface area contributed by atoms with E-state index in [0.29, 0.717) is 26.6 Å². The molecule has 148 valence electrons. The smallest absolute Gasteiger partial charge is 0.276 e. The molecule has 0 unspecified atom stereocenters. The summed E-state index contributed by atoms with van der Waals surface area (Å²) in [4.78, 5) is 24.0. The molecule has 7 nitrogen and oxygen atoms in total. The van der Waals surface area contributed by atoms with Crippen molar-refractivity contribution in [2.75, 3.05) is 13.7 Å². The van der Waals surface area contributed by atoms with Gasteiger partial charge in [0.2, 0.25) is 0 Å². The highest BCUT2D eigenvalue weighted by atomic mass is 79.9. The van der Waals surface area contributed by atoms with Crippen LogP contribution in [0.25, 0.3) is 0 Å². The molecule has 0 bridgehead atoms. The Morgan fingerprint density at radius 1 is 1.14 bits per heavy atom. The predicted molar refractivity (Wildman–Crippen MR) is 114 cm³/mol. The van der Waals surface area contributed by atoms with Crippen LogP contribution in [-0.4, -0.2) is 30.6 Å². The van der Waals surface area contributed by atoms with E-state index in [2.05, 4.69) is 32.1 Å². The lowest BCUT2D eigenvalue weighted by Crippen LogP contribution is -2.49. The molecule has 2 aromatic carbocycles. The molecule has 0 aliphatic heterocycles. The van der Waals surface area contributed by atoms with E-state index in [0.717, 1.165) is 5.56 Å². The summed E-state index contributed by atoms with van der Waals surface area (Å²) >= 11 is 14.2. The molecule has 28 heavy (non-hydrogen) atoms. The molecule has 0 radical (unpaired) electrons. The quantitative estimate of drug-likeness (QED) is 0.444. The van der Waals surface area contributed by atoms with Gasteiger partial charge in [-0.25, -0.2) is 0 Å². The van der Waals surface area contributed by atoms with Crippen molar-refractivity contribution in [3.05, 3.63) is 57.0 Å².